The SMILES string of the molecule is C1CCCCCCC(CC2CCN2)CCCCCC1. The Balaban J connectivity index is 1.66. The van der Waals surface area contributed by atoms with Crippen molar-refractivity contribution in [1.29, 1.82) is 0 Å². The van der Waals surface area contributed by atoms with Gasteiger partial charge in [-0.1, -0.05) is 83.5 Å². The van der Waals surface area contributed by atoms with E-state index in [1.54, 1.807) is 0 Å². The highest BCUT2D eigenvalue weighted by molar-refractivity contribution is 4.80. The summed E-state index contributed by atoms with van der Waals surface area (Å²) in [6.07, 6.45) is 22.4. The van der Waals surface area contributed by atoms with Gasteiger partial charge in [0.05, 0.1) is 0 Å². The van der Waals surface area contributed by atoms with Crippen LogP contribution in [0.4, 0.5) is 0 Å². The molecule has 112 valence electrons. The molecule has 0 aromatic rings. The second-order valence-electron chi connectivity index (χ2n) is 7.01. The molecule has 0 amide bonds. The summed E-state index contributed by atoms with van der Waals surface area (Å²) in [5.41, 5.74) is 0. The molecule has 1 unspecified atom stereocenters. The number of rotatable bonds is 2. The Kier molecular flexibility index (Phi) is 7.92. The molecule has 1 aliphatic carbocycles. The lowest BCUT2D eigenvalue weighted by molar-refractivity contribution is 0.269. The fourth-order valence-electron chi connectivity index (χ4n) is 3.79. The van der Waals surface area contributed by atoms with Gasteiger partial charge in [-0.05, 0) is 25.3 Å². The zero-order valence-corrected chi connectivity index (χ0v) is 13.0. The van der Waals surface area contributed by atoms with E-state index in [4.69, 9.17) is 0 Å². The maximum Gasteiger partial charge on any atom is 0.00817 e. The van der Waals surface area contributed by atoms with Crippen LogP contribution in [-0.4, -0.2) is 12.6 Å². The Bertz CT molecular complexity index is 196. The molecule has 1 aliphatic heterocycles. The first kappa shape index (κ1) is 15.4. The minimum Gasteiger partial charge on any atom is -0.314 e. The maximum atomic E-state index is 3.60. The van der Waals surface area contributed by atoms with Crippen LogP contribution in [0.25, 0.3) is 0 Å². The molecule has 0 radical (unpaired) electrons. The summed E-state index contributed by atoms with van der Waals surface area (Å²) in [5.74, 6) is 1.03. The minimum atomic E-state index is 0.879. The smallest absolute Gasteiger partial charge is 0.00817 e. The molecule has 0 aromatic carbocycles. The van der Waals surface area contributed by atoms with Crippen molar-refractivity contribution >= 4 is 0 Å². The molecule has 1 nitrogen and oxygen atoms in total. The van der Waals surface area contributed by atoms with Crippen molar-refractivity contribution in [3.05, 3.63) is 0 Å². The van der Waals surface area contributed by atoms with E-state index in [1.165, 1.54) is 103 Å². The van der Waals surface area contributed by atoms with Gasteiger partial charge in [0, 0.05) is 6.04 Å². The first-order valence-electron chi connectivity index (χ1n) is 9.18. The van der Waals surface area contributed by atoms with Crippen molar-refractivity contribution < 1.29 is 0 Å². The average molecular weight is 265 g/mol. The highest BCUT2D eigenvalue weighted by atomic mass is 15.0. The molecule has 1 heteroatoms. The van der Waals surface area contributed by atoms with Gasteiger partial charge < -0.3 is 5.32 Å². The molecule has 0 spiro atoms. The lowest BCUT2D eigenvalue weighted by Crippen LogP contribution is -2.43. The van der Waals surface area contributed by atoms with Gasteiger partial charge in [-0.15, -0.1) is 0 Å². The lowest BCUT2D eigenvalue weighted by Gasteiger charge is -2.31. The molecule has 19 heavy (non-hydrogen) atoms. The van der Waals surface area contributed by atoms with Crippen LogP contribution >= 0.6 is 0 Å². The number of hydrogen-bond acceptors (Lipinski definition) is 1. The Hall–Kier alpha value is -0.0400. The molecular weight excluding hydrogens is 230 g/mol. The van der Waals surface area contributed by atoms with Crippen molar-refractivity contribution in [2.75, 3.05) is 6.54 Å². The molecule has 1 atom stereocenters. The van der Waals surface area contributed by atoms with Crippen molar-refractivity contribution in [3.63, 3.8) is 0 Å². The zero-order chi connectivity index (χ0) is 13.2. The van der Waals surface area contributed by atoms with Crippen LogP contribution < -0.4 is 5.32 Å². The third kappa shape index (κ3) is 6.79. The van der Waals surface area contributed by atoms with E-state index in [9.17, 15) is 0 Å². The van der Waals surface area contributed by atoms with Crippen LogP contribution in [0.5, 0.6) is 0 Å². The van der Waals surface area contributed by atoms with Crippen molar-refractivity contribution in [2.45, 2.75) is 102 Å². The van der Waals surface area contributed by atoms with E-state index in [1.807, 2.05) is 0 Å². The second-order valence-corrected chi connectivity index (χ2v) is 7.01. The molecular formula is C18H35N. The number of nitrogens with one attached hydrogen (secondary N) is 1. The summed E-state index contributed by atoms with van der Waals surface area (Å²) in [6.45, 7) is 1.28. The highest BCUT2D eigenvalue weighted by Gasteiger charge is 2.20. The van der Waals surface area contributed by atoms with Crippen LogP contribution in [0.2, 0.25) is 0 Å². The van der Waals surface area contributed by atoms with Gasteiger partial charge in [-0.25, -0.2) is 0 Å². The summed E-state index contributed by atoms with van der Waals surface area (Å²) >= 11 is 0. The van der Waals surface area contributed by atoms with Gasteiger partial charge in [-0.2, -0.15) is 0 Å². The van der Waals surface area contributed by atoms with Crippen molar-refractivity contribution in [2.24, 2.45) is 5.92 Å². The summed E-state index contributed by atoms with van der Waals surface area (Å²) in [6, 6.07) is 0.879. The van der Waals surface area contributed by atoms with Crippen LogP contribution in [0.3, 0.4) is 0 Å². The standard InChI is InChI=1S/C18H35N/c1-2-4-6-8-10-12-17(16-18-14-15-19-18)13-11-9-7-5-3-1/h17-19H,1-16H2. The monoisotopic (exact) mass is 265 g/mol. The fourth-order valence-corrected chi connectivity index (χ4v) is 3.79. The van der Waals surface area contributed by atoms with Gasteiger partial charge in [-0.3, -0.25) is 0 Å². The predicted molar refractivity (Wildman–Crippen MR) is 84.5 cm³/mol. The van der Waals surface area contributed by atoms with Crippen LogP contribution in [0.1, 0.15) is 96.3 Å². The van der Waals surface area contributed by atoms with Crippen LogP contribution in [0, 0.1) is 5.92 Å². The molecule has 1 saturated heterocycles. The largest absolute Gasteiger partial charge is 0.314 e. The Labute approximate surface area is 120 Å². The molecule has 2 rings (SSSR count). The molecule has 2 aliphatic rings. The van der Waals surface area contributed by atoms with E-state index >= 15 is 0 Å². The number of hydrogen-bond donors (Lipinski definition) is 1. The first-order valence-corrected chi connectivity index (χ1v) is 9.18. The van der Waals surface area contributed by atoms with E-state index in [0.29, 0.717) is 0 Å². The predicted octanol–water partition coefficient (Wildman–Crippen LogP) is 5.44. The van der Waals surface area contributed by atoms with Crippen LogP contribution in [-0.2, 0) is 0 Å². The normalized spacial score (nSPS) is 29.4. The summed E-state index contributed by atoms with van der Waals surface area (Å²) < 4.78 is 0. The molecule has 2 fully saturated rings. The summed E-state index contributed by atoms with van der Waals surface area (Å²) in [7, 11) is 0. The summed E-state index contributed by atoms with van der Waals surface area (Å²) in [4.78, 5) is 0. The molecule has 1 saturated carbocycles. The van der Waals surface area contributed by atoms with Crippen molar-refractivity contribution in [1.82, 2.24) is 5.32 Å². The van der Waals surface area contributed by atoms with Gasteiger partial charge in [0.15, 0.2) is 0 Å². The maximum absolute atomic E-state index is 3.60. The lowest BCUT2D eigenvalue weighted by atomic mass is 9.86. The third-order valence-corrected chi connectivity index (χ3v) is 5.27. The Morgan fingerprint density at radius 3 is 1.37 bits per heavy atom. The van der Waals surface area contributed by atoms with Gasteiger partial charge in [0.2, 0.25) is 0 Å². The topological polar surface area (TPSA) is 12.0 Å². The van der Waals surface area contributed by atoms with E-state index in [2.05, 4.69) is 5.32 Å². The summed E-state index contributed by atoms with van der Waals surface area (Å²) in [5, 5.41) is 3.60. The third-order valence-electron chi connectivity index (χ3n) is 5.27. The van der Waals surface area contributed by atoms with E-state index in [0.717, 1.165) is 12.0 Å². The average Bonchev–Trinajstić information content (AvgIpc) is 2.37. The van der Waals surface area contributed by atoms with Crippen LogP contribution in [0.15, 0.2) is 0 Å². The second kappa shape index (κ2) is 9.80. The van der Waals surface area contributed by atoms with Gasteiger partial charge in [0.1, 0.15) is 0 Å². The van der Waals surface area contributed by atoms with Gasteiger partial charge in [0.25, 0.3) is 0 Å². The Morgan fingerprint density at radius 1 is 0.579 bits per heavy atom. The molecule has 1 N–H and O–H groups in total. The van der Waals surface area contributed by atoms with Crippen molar-refractivity contribution in [3.8, 4) is 0 Å². The first-order chi connectivity index (χ1) is 9.45. The van der Waals surface area contributed by atoms with E-state index in [-0.39, 0.29) is 0 Å². The highest BCUT2D eigenvalue weighted by Crippen LogP contribution is 2.26. The Morgan fingerprint density at radius 2 is 1.00 bits per heavy atom. The molecule has 1 heterocycles. The quantitative estimate of drug-likeness (QED) is 0.701. The molecule has 0 bridgehead atoms. The molecule has 0 aromatic heterocycles. The van der Waals surface area contributed by atoms with Gasteiger partial charge >= 0.3 is 0 Å². The minimum absolute atomic E-state index is 0.879. The fraction of sp³-hybridized carbons (Fsp3) is 1.00. The van der Waals surface area contributed by atoms with E-state index < -0.39 is 0 Å². The zero-order valence-electron chi connectivity index (χ0n) is 13.0.